The number of imidazole rings is 1. The zero-order valence-electron chi connectivity index (χ0n) is 35.7. The molecule has 5 fully saturated rings. The van der Waals surface area contributed by atoms with E-state index in [1.165, 1.54) is 26.0 Å². The minimum Gasteiger partial charge on any atom is -0.381 e. The Morgan fingerprint density at radius 1 is 1.08 bits per heavy atom. The van der Waals surface area contributed by atoms with Crippen molar-refractivity contribution in [2.75, 3.05) is 62.8 Å². The van der Waals surface area contributed by atoms with Gasteiger partial charge in [0.15, 0.2) is 11.3 Å². The number of hydrogen-bond donors (Lipinski definition) is 2. The molecule has 0 radical (unpaired) electrons. The van der Waals surface area contributed by atoms with Gasteiger partial charge in [0.2, 0.25) is 11.8 Å². The first-order chi connectivity index (χ1) is 31.0. The number of carbonyl (C=O) groups is 3. The second-order valence-electron chi connectivity index (χ2n) is 18.1. The van der Waals surface area contributed by atoms with Crippen LogP contribution < -0.4 is 21.2 Å². The van der Waals surface area contributed by atoms with Crippen LogP contribution in [0.2, 0.25) is 0 Å². The van der Waals surface area contributed by atoms with Crippen molar-refractivity contribution in [3.8, 4) is 11.8 Å². The molecule has 4 aromatic heterocycles. The van der Waals surface area contributed by atoms with E-state index in [1.54, 1.807) is 24.0 Å². The fourth-order valence-corrected chi connectivity index (χ4v) is 10.3. The molecule has 1 spiro atoms. The number of ether oxygens (including phenoxy) is 2. The molecule has 17 nitrogen and oxygen atoms in total. The third-order valence-electron chi connectivity index (χ3n) is 13.9. The van der Waals surface area contributed by atoms with Crippen LogP contribution in [-0.4, -0.2) is 115 Å². The number of anilines is 2. The second kappa shape index (κ2) is 17.2. The number of aromatic nitrogens is 7. The molecule has 1 aromatic carbocycles. The van der Waals surface area contributed by atoms with E-state index in [1.807, 2.05) is 18.2 Å². The highest BCUT2D eigenvalue weighted by Gasteiger charge is 2.46. The van der Waals surface area contributed by atoms with Gasteiger partial charge in [-0.05, 0) is 75.5 Å². The van der Waals surface area contributed by atoms with Crippen molar-refractivity contribution in [1.29, 1.82) is 0 Å². The summed E-state index contributed by atoms with van der Waals surface area (Å²) in [5.41, 5.74) is 1.80. The molecule has 3 amide bonds. The number of piperidine rings is 2. The van der Waals surface area contributed by atoms with Crippen LogP contribution in [0.5, 0.6) is 0 Å². The minimum atomic E-state index is -2.86. The molecule has 4 aliphatic heterocycles. The Morgan fingerprint density at radius 2 is 1.89 bits per heavy atom. The van der Waals surface area contributed by atoms with Crippen LogP contribution in [0.4, 0.5) is 20.3 Å². The number of halogens is 2. The summed E-state index contributed by atoms with van der Waals surface area (Å²) in [6, 6.07) is 6.49. The van der Waals surface area contributed by atoms with Crippen LogP contribution in [0.15, 0.2) is 47.7 Å². The van der Waals surface area contributed by atoms with E-state index < -0.39 is 30.0 Å². The van der Waals surface area contributed by atoms with Gasteiger partial charge >= 0.3 is 5.69 Å². The number of nitrogens with one attached hydrogen (secondary N) is 2. The van der Waals surface area contributed by atoms with E-state index in [0.717, 1.165) is 96.7 Å². The molecular formula is C45H51F2N11O6. The van der Waals surface area contributed by atoms with Crippen molar-refractivity contribution >= 4 is 45.9 Å². The van der Waals surface area contributed by atoms with Crippen molar-refractivity contribution in [1.82, 2.24) is 43.7 Å². The highest BCUT2D eigenvalue weighted by atomic mass is 19.3. The Kier molecular flexibility index (Phi) is 11.3. The number of aryl methyl sites for hydroxylation is 1. The highest BCUT2D eigenvalue weighted by molar-refractivity contribution is 6.08. The fraction of sp³-hybridized carbons (Fsp3) is 0.533. The van der Waals surface area contributed by atoms with Gasteiger partial charge in [0, 0.05) is 70.6 Å². The lowest BCUT2D eigenvalue weighted by Gasteiger charge is -2.47. The summed E-state index contributed by atoms with van der Waals surface area (Å²) in [6.07, 6.45) is 8.64. The summed E-state index contributed by atoms with van der Waals surface area (Å²) in [7, 11) is 1.66. The van der Waals surface area contributed by atoms with Crippen molar-refractivity contribution < 1.29 is 32.6 Å². The summed E-state index contributed by atoms with van der Waals surface area (Å²) in [5, 5.41) is 13.6. The number of para-hydroxylation sites is 1. The van der Waals surface area contributed by atoms with Gasteiger partial charge in [-0.2, -0.15) is 10.2 Å². The summed E-state index contributed by atoms with van der Waals surface area (Å²) in [6.45, 7) is 6.20. The van der Waals surface area contributed by atoms with Crippen molar-refractivity contribution in [3.05, 3.63) is 70.2 Å². The lowest BCUT2D eigenvalue weighted by atomic mass is 9.79. The Balaban J connectivity index is 0.695. The molecular weight excluding hydrogens is 829 g/mol. The summed E-state index contributed by atoms with van der Waals surface area (Å²) < 4.78 is 46.4. The van der Waals surface area contributed by atoms with Crippen LogP contribution >= 0.6 is 0 Å². The number of fused-ring (bicyclic) bond motifs is 2. The molecule has 8 heterocycles. The maximum Gasteiger partial charge on any atom is 0.329 e. The van der Waals surface area contributed by atoms with E-state index >= 15 is 0 Å². The minimum absolute atomic E-state index is 0.00865. The average Bonchev–Trinajstić information content (AvgIpc) is 4.09. The molecule has 5 aliphatic rings. The van der Waals surface area contributed by atoms with Gasteiger partial charge in [0.1, 0.15) is 24.0 Å². The Labute approximate surface area is 367 Å². The number of imide groups is 1. The number of rotatable bonds is 10. The van der Waals surface area contributed by atoms with Crippen molar-refractivity contribution in [3.63, 3.8) is 0 Å². The standard InChI is InChI=1S/C45H51F2N11O6/c1-53-39-29(4-2-6-34(39)58(44(53)62)35-11-12-37(59)51-43(35)61)5-3-20-64-31-13-17-54(18-14-31)23-28-7-9-30(10-8-28)57-24-33(38(52-57)40(46)47)49-42(60)32-22-48-56-19-15-36(50-41(32)56)55-25-45(26-55)16-21-63-27-45/h2,4,6,15,19,22,24,28,30-31,35,40H,7-14,16-18,20-21,23,25-27H2,1H3,(H,49,60)(H,51,59,61)/t28-,30-,35?. The van der Waals surface area contributed by atoms with Crippen LogP contribution in [0.25, 0.3) is 16.7 Å². The fourth-order valence-electron chi connectivity index (χ4n) is 10.3. The average molecular weight is 880 g/mol. The van der Waals surface area contributed by atoms with Gasteiger partial charge in [0.25, 0.3) is 12.3 Å². The van der Waals surface area contributed by atoms with E-state index in [9.17, 15) is 28.0 Å². The molecule has 2 N–H and O–H groups in total. The van der Waals surface area contributed by atoms with Gasteiger partial charge in [-0.1, -0.05) is 17.9 Å². The number of benzene rings is 1. The summed E-state index contributed by atoms with van der Waals surface area (Å²) in [4.78, 5) is 60.5. The van der Waals surface area contributed by atoms with Crippen LogP contribution in [0.1, 0.15) is 97.9 Å². The zero-order valence-corrected chi connectivity index (χ0v) is 35.7. The van der Waals surface area contributed by atoms with Gasteiger partial charge in [-0.3, -0.25) is 33.5 Å². The monoisotopic (exact) mass is 879 g/mol. The maximum atomic E-state index is 14.3. The molecule has 1 unspecified atom stereocenters. The molecule has 1 aliphatic carbocycles. The molecule has 1 saturated carbocycles. The largest absolute Gasteiger partial charge is 0.381 e. The molecule has 1 atom stereocenters. The Morgan fingerprint density at radius 3 is 2.64 bits per heavy atom. The third-order valence-corrected chi connectivity index (χ3v) is 13.9. The number of nitrogens with zero attached hydrogens (tertiary/aromatic N) is 9. The maximum absolute atomic E-state index is 14.3. The number of likely N-dealkylation sites (tertiary alicyclic amines) is 1. The number of carbonyl (C=O) groups excluding carboxylic acids is 3. The van der Waals surface area contributed by atoms with Crippen LogP contribution in [0, 0.1) is 23.2 Å². The lowest BCUT2D eigenvalue weighted by Crippen LogP contribution is -2.57. The highest BCUT2D eigenvalue weighted by Crippen LogP contribution is 2.40. The molecule has 336 valence electrons. The van der Waals surface area contributed by atoms with E-state index in [2.05, 4.69) is 42.5 Å². The molecule has 19 heteroatoms. The zero-order chi connectivity index (χ0) is 44.1. The molecule has 0 bridgehead atoms. The predicted octanol–water partition coefficient (Wildman–Crippen LogP) is 4.24. The molecule has 5 aromatic rings. The van der Waals surface area contributed by atoms with Gasteiger partial charge in [-0.15, -0.1) is 0 Å². The predicted molar refractivity (Wildman–Crippen MR) is 230 cm³/mol. The number of amides is 3. The topological polar surface area (TPSA) is 175 Å². The first-order valence-corrected chi connectivity index (χ1v) is 22.2. The second-order valence-corrected chi connectivity index (χ2v) is 18.1. The SMILES string of the molecule is Cn1c(=O)n(C2CCC(=O)NC2=O)c2cccc(C#CCOC3CCN(C[C@H]4CC[C@H](n5cc(NC(=O)c6cnn7ccc(N8CC9(CCOC9)C8)nc67)c(C(F)F)n5)CC4)CC3)c21. The smallest absolute Gasteiger partial charge is 0.329 e. The van der Waals surface area contributed by atoms with E-state index in [-0.39, 0.29) is 59.9 Å². The normalized spacial score (nSPS) is 22.9. The third kappa shape index (κ3) is 8.07. The first kappa shape index (κ1) is 42.0. The first-order valence-electron chi connectivity index (χ1n) is 22.2. The van der Waals surface area contributed by atoms with Crippen LogP contribution in [0.3, 0.4) is 0 Å². The van der Waals surface area contributed by atoms with Gasteiger partial charge < -0.3 is 24.6 Å². The molecule has 64 heavy (non-hydrogen) atoms. The number of hydrogen-bond acceptors (Lipinski definition) is 11. The van der Waals surface area contributed by atoms with E-state index in [4.69, 9.17) is 14.5 Å². The summed E-state index contributed by atoms with van der Waals surface area (Å²) in [5.74, 6) is 6.12. The van der Waals surface area contributed by atoms with Crippen LogP contribution in [-0.2, 0) is 26.1 Å². The van der Waals surface area contributed by atoms with Crippen molar-refractivity contribution in [2.24, 2.45) is 18.4 Å². The molecule has 10 rings (SSSR count). The van der Waals surface area contributed by atoms with Crippen molar-refractivity contribution in [2.45, 2.75) is 82.4 Å². The quantitative estimate of drug-likeness (QED) is 0.152. The van der Waals surface area contributed by atoms with Gasteiger partial charge in [-0.25, -0.2) is 23.1 Å². The Bertz CT molecular complexity index is 2720. The molecule has 4 saturated heterocycles. The van der Waals surface area contributed by atoms with E-state index in [0.29, 0.717) is 28.2 Å². The number of alkyl halides is 2. The van der Waals surface area contributed by atoms with Gasteiger partial charge in [0.05, 0.1) is 47.2 Å². The lowest BCUT2D eigenvalue weighted by molar-refractivity contribution is -0.135. The summed E-state index contributed by atoms with van der Waals surface area (Å²) >= 11 is 0. The Hall–Kier alpha value is -5.97.